The molecule has 1 rings (SSSR count). The molecule has 0 aromatic heterocycles. The summed E-state index contributed by atoms with van der Waals surface area (Å²) in [6.45, 7) is 3.99. The third kappa shape index (κ3) is 5.58. The average molecular weight is 301 g/mol. The molecule has 1 aliphatic rings. The van der Waals surface area contributed by atoms with Crippen molar-refractivity contribution in [2.24, 2.45) is 0 Å². The van der Waals surface area contributed by atoms with Crippen LogP contribution in [0.5, 0.6) is 0 Å². The second-order valence-corrected chi connectivity index (χ2v) is 5.44. The molecule has 1 fully saturated rings. The first kappa shape index (κ1) is 17.2. The number of piperidine rings is 1. The number of carbonyl (C=O) groups is 3. The molecule has 0 aromatic rings. The number of aliphatic carboxylic acids is 2. The summed E-state index contributed by atoms with van der Waals surface area (Å²) in [5, 5.41) is 21.7. The quantitative estimate of drug-likeness (QED) is 0.575. The van der Waals surface area contributed by atoms with Gasteiger partial charge in [-0.1, -0.05) is 6.42 Å². The molecule has 1 heterocycles. The molecule has 2 amide bonds. The van der Waals surface area contributed by atoms with Crippen molar-refractivity contribution >= 4 is 18.0 Å². The highest BCUT2D eigenvalue weighted by Crippen LogP contribution is 2.20. The lowest BCUT2D eigenvalue weighted by atomic mass is 10.00. The standard InChI is InChI=1S/C13H23N3O5/c1-8-4-3-5-9(2)16(8)15-13(21)14-10(12(19)20)6-7-11(17)18/h8-10H,3-7H2,1-2H3,(H,17,18)(H,19,20)(H2,14,15,21)/t8?,9?,10-/m0/s1. The largest absolute Gasteiger partial charge is 0.481 e. The maximum atomic E-state index is 11.9. The Morgan fingerprint density at radius 1 is 1.19 bits per heavy atom. The Labute approximate surface area is 123 Å². The number of hydrogen-bond acceptors (Lipinski definition) is 4. The van der Waals surface area contributed by atoms with Crippen LogP contribution >= 0.6 is 0 Å². The molecular formula is C13H23N3O5. The molecular weight excluding hydrogens is 278 g/mol. The molecule has 0 spiro atoms. The number of nitrogens with zero attached hydrogens (tertiary/aromatic N) is 1. The zero-order valence-corrected chi connectivity index (χ0v) is 12.3. The van der Waals surface area contributed by atoms with Gasteiger partial charge < -0.3 is 15.5 Å². The number of hydrazine groups is 1. The van der Waals surface area contributed by atoms with Gasteiger partial charge in [-0.15, -0.1) is 0 Å². The molecule has 4 N–H and O–H groups in total. The molecule has 0 saturated carbocycles. The average Bonchev–Trinajstić information content (AvgIpc) is 2.38. The Morgan fingerprint density at radius 3 is 2.24 bits per heavy atom. The van der Waals surface area contributed by atoms with Crippen LogP contribution in [0.2, 0.25) is 0 Å². The molecule has 1 saturated heterocycles. The fraction of sp³-hybridized carbons (Fsp3) is 0.769. The van der Waals surface area contributed by atoms with Gasteiger partial charge in [0.05, 0.1) is 0 Å². The molecule has 21 heavy (non-hydrogen) atoms. The van der Waals surface area contributed by atoms with E-state index in [2.05, 4.69) is 10.7 Å². The van der Waals surface area contributed by atoms with Gasteiger partial charge >= 0.3 is 18.0 Å². The number of carboxylic acids is 2. The Balaban J connectivity index is 2.52. The highest BCUT2D eigenvalue weighted by molar-refractivity contribution is 5.82. The predicted octanol–water partition coefficient (Wildman–Crippen LogP) is 0.782. The third-order valence-electron chi connectivity index (χ3n) is 3.67. The molecule has 8 nitrogen and oxygen atoms in total. The second-order valence-electron chi connectivity index (χ2n) is 5.44. The van der Waals surface area contributed by atoms with Crippen molar-refractivity contribution < 1.29 is 24.6 Å². The number of rotatable bonds is 6. The summed E-state index contributed by atoms with van der Waals surface area (Å²) in [4.78, 5) is 33.4. The van der Waals surface area contributed by atoms with Gasteiger partial charge in [0.15, 0.2) is 0 Å². The van der Waals surface area contributed by atoms with Gasteiger partial charge in [-0.25, -0.2) is 14.6 Å². The van der Waals surface area contributed by atoms with Crippen molar-refractivity contribution in [3.05, 3.63) is 0 Å². The van der Waals surface area contributed by atoms with E-state index in [9.17, 15) is 14.4 Å². The number of urea groups is 1. The zero-order valence-electron chi connectivity index (χ0n) is 12.3. The van der Waals surface area contributed by atoms with Gasteiger partial charge in [0, 0.05) is 18.5 Å². The zero-order chi connectivity index (χ0) is 16.0. The van der Waals surface area contributed by atoms with Crippen molar-refractivity contribution in [1.82, 2.24) is 15.8 Å². The van der Waals surface area contributed by atoms with E-state index < -0.39 is 24.0 Å². The van der Waals surface area contributed by atoms with E-state index in [4.69, 9.17) is 10.2 Å². The Bertz CT molecular complexity index is 391. The number of nitrogens with one attached hydrogen (secondary N) is 2. The van der Waals surface area contributed by atoms with Crippen LogP contribution in [0.25, 0.3) is 0 Å². The first-order valence-corrected chi connectivity index (χ1v) is 7.11. The molecule has 2 unspecified atom stereocenters. The third-order valence-corrected chi connectivity index (χ3v) is 3.67. The monoisotopic (exact) mass is 301 g/mol. The van der Waals surface area contributed by atoms with Crippen LogP contribution in [0.15, 0.2) is 0 Å². The number of hydrogen-bond donors (Lipinski definition) is 4. The highest BCUT2D eigenvalue weighted by atomic mass is 16.4. The summed E-state index contributed by atoms with van der Waals surface area (Å²) in [6, 6.07) is -1.46. The second kappa shape index (κ2) is 7.82. The first-order chi connectivity index (χ1) is 9.81. The summed E-state index contributed by atoms with van der Waals surface area (Å²) in [5.41, 5.74) is 2.66. The summed E-state index contributed by atoms with van der Waals surface area (Å²) in [5.74, 6) is -2.34. The summed E-state index contributed by atoms with van der Waals surface area (Å²) in [6.07, 6.45) is 2.56. The summed E-state index contributed by atoms with van der Waals surface area (Å²) >= 11 is 0. The van der Waals surface area contributed by atoms with E-state index in [1.807, 2.05) is 18.9 Å². The molecule has 1 aliphatic heterocycles. The maximum Gasteiger partial charge on any atom is 0.330 e. The fourth-order valence-corrected chi connectivity index (χ4v) is 2.47. The van der Waals surface area contributed by atoms with E-state index in [-0.39, 0.29) is 24.9 Å². The summed E-state index contributed by atoms with van der Waals surface area (Å²) in [7, 11) is 0. The van der Waals surface area contributed by atoms with Crippen LogP contribution in [-0.2, 0) is 9.59 Å². The maximum absolute atomic E-state index is 11.9. The first-order valence-electron chi connectivity index (χ1n) is 7.11. The van der Waals surface area contributed by atoms with Gasteiger partial charge in [0.25, 0.3) is 0 Å². The lowest BCUT2D eigenvalue weighted by Crippen LogP contribution is -2.58. The molecule has 0 radical (unpaired) electrons. The summed E-state index contributed by atoms with van der Waals surface area (Å²) < 4.78 is 0. The fourth-order valence-electron chi connectivity index (χ4n) is 2.47. The minimum atomic E-state index is -1.24. The molecule has 0 bridgehead atoms. The van der Waals surface area contributed by atoms with Gasteiger partial charge in [-0.3, -0.25) is 10.2 Å². The van der Waals surface area contributed by atoms with Crippen molar-refractivity contribution in [3.63, 3.8) is 0 Å². The topological polar surface area (TPSA) is 119 Å². The Kier molecular flexibility index (Phi) is 6.41. The van der Waals surface area contributed by atoms with E-state index in [1.54, 1.807) is 0 Å². The molecule has 3 atom stereocenters. The van der Waals surface area contributed by atoms with Crippen LogP contribution in [0.3, 0.4) is 0 Å². The van der Waals surface area contributed by atoms with E-state index in [1.165, 1.54) is 0 Å². The lowest BCUT2D eigenvalue weighted by Gasteiger charge is -2.38. The van der Waals surface area contributed by atoms with Crippen LogP contribution in [0.1, 0.15) is 46.0 Å². The molecule has 0 aliphatic carbocycles. The van der Waals surface area contributed by atoms with E-state index in [0.29, 0.717) is 0 Å². The van der Waals surface area contributed by atoms with Crippen molar-refractivity contribution in [2.75, 3.05) is 0 Å². The minimum Gasteiger partial charge on any atom is -0.481 e. The van der Waals surface area contributed by atoms with Crippen LogP contribution < -0.4 is 10.7 Å². The lowest BCUT2D eigenvalue weighted by molar-refractivity contribution is -0.140. The van der Waals surface area contributed by atoms with Crippen molar-refractivity contribution in [2.45, 2.75) is 64.1 Å². The number of amides is 2. The smallest absolute Gasteiger partial charge is 0.330 e. The van der Waals surface area contributed by atoms with E-state index >= 15 is 0 Å². The Hall–Kier alpha value is -1.83. The molecule has 8 heteroatoms. The van der Waals surface area contributed by atoms with Gasteiger partial charge in [0.2, 0.25) is 0 Å². The van der Waals surface area contributed by atoms with Crippen molar-refractivity contribution in [1.29, 1.82) is 0 Å². The minimum absolute atomic E-state index is 0.150. The van der Waals surface area contributed by atoms with E-state index in [0.717, 1.165) is 19.3 Å². The molecule has 0 aromatic carbocycles. The van der Waals surface area contributed by atoms with Crippen LogP contribution in [0.4, 0.5) is 4.79 Å². The number of carboxylic acid groups (broad SMARTS) is 2. The van der Waals surface area contributed by atoms with Crippen LogP contribution in [0, 0.1) is 0 Å². The van der Waals surface area contributed by atoms with Gasteiger partial charge in [0.1, 0.15) is 6.04 Å². The van der Waals surface area contributed by atoms with Crippen LogP contribution in [-0.4, -0.2) is 51.3 Å². The molecule has 120 valence electrons. The highest BCUT2D eigenvalue weighted by Gasteiger charge is 2.27. The predicted molar refractivity (Wildman–Crippen MR) is 74.6 cm³/mol. The normalized spacial score (nSPS) is 24.1. The van der Waals surface area contributed by atoms with Gasteiger partial charge in [-0.2, -0.15) is 0 Å². The SMILES string of the molecule is CC1CCCC(C)N1NC(=O)N[C@@H](CCC(=O)O)C(=O)O. The Morgan fingerprint density at radius 2 is 1.76 bits per heavy atom. The van der Waals surface area contributed by atoms with Gasteiger partial charge in [-0.05, 0) is 33.1 Å². The van der Waals surface area contributed by atoms with Crippen molar-refractivity contribution in [3.8, 4) is 0 Å². The number of carbonyl (C=O) groups excluding carboxylic acids is 1.